The molecule has 2 fully saturated rings. The normalized spacial score (nSPS) is 21.9. The fraction of sp³-hybridized carbons (Fsp3) is 0.688. The van der Waals surface area contributed by atoms with Crippen LogP contribution in [0.25, 0.3) is 0 Å². The summed E-state index contributed by atoms with van der Waals surface area (Å²) in [5.41, 5.74) is 0.718. The van der Waals surface area contributed by atoms with Crippen molar-refractivity contribution in [3.05, 3.63) is 27.9 Å². The number of nitrogens with one attached hydrogen (secondary N) is 1. The molecule has 1 saturated carbocycles. The zero-order chi connectivity index (χ0) is 15.5. The van der Waals surface area contributed by atoms with Gasteiger partial charge < -0.3 is 9.88 Å². The van der Waals surface area contributed by atoms with Crippen LogP contribution in [0.4, 0.5) is 0 Å². The molecule has 1 saturated heterocycles. The Hall–Kier alpha value is -1.30. The van der Waals surface area contributed by atoms with E-state index < -0.39 is 0 Å². The maximum Gasteiger partial charge on any atom is 0.251 e. The molecule has 1 aliphatic carbocycles. The van der Waals surface area contributed by atoms with Gasteiger partial charge in [0.25, 0.3) is 5.56 Å². The molecule has 0 aromatic carbocycles. The van der Waals surface area contributed by atoms with Gasteiger partial charge in [-0.3, -0.25) is 9.59 Å². The van der Waals surface area contributed by atoms with E-state index in [2.05, 4.69) is 9.97 Å². The molecule has 1 N–H and O–H groups in total. The van der Waals surface area contributed by atoms with Gasteiger partial charge in [0.2, 0.25) is 5.91 Å². The van der Waals surface area contributed by atoms with Gasteiger partial charge in [0.05, 0.1) is 11.4 Å². The van der Waals surface area contributed by atoms with E-state index in [1.54, 1.807) is 24.8 Å². The van der Waals surface area contributed by atoms with Crippen molar-refractivity contribution in [1.82, 2.24) is 14.9 Å². The summed E-state index contributed by atoms with van der Waals surface area (Å²) in [5, 5.41) is 0. The Kier molecular flexibility index (Phi) is 4.86. The smallest absolute Gasteiger partial charge is 0.251 e. The van der Waals surface area contributed by atoms with E-state index in [1.165, 1.54) is 12.8 Å². The van der Waals surface area contributed by atoms with Gasteiger partial charge in [0, 0.05) is 25.1 Å². The highest BCUT2D eigenvalue weighted by Gasteiger charge is 2.27. The van der Waals surface area contributed by atoms with Crippen LogP contribution >= 0.6 is 11.8 Å². The van der Waals surface area contributed by atoms with Crippen molar-refractivity contribution in [3.63, 3.8) is 0 Å². The van der Waals surface area contributed by atoms with Crippen molar-refractivity contribution in [1.29, 1.82) is 0 Å². The van der Waals surface area contributed by atoms with Crippen molar-refractivity contribution in [2.75, 3.05) is 24.6 Å². The molecule has 1 aromatic heterocycles. The minimum Gasteiger partial charge on any atom is -0.341 e. The predicted molar refractivity (Wildman–Crippen MR) is 88.2 cm³/mol. The van der Waals surface area contributed by atoms with Crippen LogP contribution in [0.15, 0.2) is 10.9 Å². The van der Waals surface area contributed by atoms with Gasteiger partial charge >= 0.3 is 0 Å². The standard InChI is InChI=1S/C16H23N3O2S/c1-11-17-14(7-15(20)18-11)13-3-2-6-19(8-13)16(21)10-22-9-12-4-5-12/h7,12-13H,2-6,8-10H2,1H3,(H,17,18,20)/t13-/m1/s1. The molecule has 2 heterocycles. The number of rotatable bonds is 5. The van der Waals surface area contributed by atoms with E-state index >= 15 is 0 Å². The van der Waals surface area contributed by atoms with E-state index in [0.29, 0.717) is 18.1 Å². The van der Waals surface area contributed by atoms with Crippen molar-refractivity contribution in [3.8, 4) is 0 Å². The van der Waals surface area contributed by atoms with Crippen LogP contribution in [0.3, 0.4) is 0 Å². The van der Waals surface area contributed by atoms with Crippen LogP contribution in [0, 0.1) is 12.8 Å². The molecule has 1 aromatic rings. The maximum atomic E-state index is 12.3. The summed E-state index contributed by atoms with van der Waals surface area (Å²) in [6.45, 7) is 3.32. The third-order valence-electron chi connectivity index (χ3n) is 4.35. The molecule has 6 heteroatoms. The molecule has 1 atom stereocenters. The molecule has 1 amide bonds. The molecular weight excluding hydrogens is 298 g/mol. The first-order valence-corrected chi connectivity index (χ1v) is 9.20. The summed E-state index contributed by atoms with van der Waals surface area (Å²) in [6, 6.07) is 1.58. The lowest BCUT2D eigenvalue weighted by molar-refractivity contribution is -0.129. The largest absolute Gasteiger partial charge is 0.341 e. The number of aromatic amines is 1. The number of aryl methyl sites for hydroxylation is 1. The van der Waals surface area contributed by atoms with Gasteiger partial charge in [-0.25, -0.2) is 4.98 Å². The number of H-pyrrole nitrogens is 1. The fourth-order valence-electron chi connectivity index (χ4n) is 2.95. The predicted octanol–water partition coefficient (Wildman–Crippen LogP) is 1.93. The highest BCUT2D eigenvalue weighted by atomic mass is 32.2. The van der Waals surface area contributed by atoms with Crippen LogP contribution in [-0.4, -0.2) is 45.4 Å². The minimum atomic E-state index is -0.106. The van der Waals surface area contributed by atoms with E-state index in [0.717, 1.165) is 36.8 Å². The molecule has 22 heavy (non-hydrogen) atoms. The van der Waals surface area contributed by atoms with Crippen LogP contribution in [-0.2, 0) is 4.79 Å². The Morgan fingerprint density at radius 3 is 3.00 bits per heavy atom. The van der Waals surface area contributed by atoms with E-state index in [4.69, 9.17) is 0 Å². The van der Waals surface area contributed by atoms with Crippen LogP contribution in [0.5, 0.6) is 0 Å². The Bertz CT molecular complexity index is 597. The average Bonchev–Trinajstić information content (AvgIpc) is 3.30. The molecule has 0 unspecified atom stereocenters. The summed E-state index contributed by atoms with van der Waals surface area (Å²) in [7, 11) is 0. The number of carbonyl (C=O) groups excluding carboxylic acids is 1. The van der Waals surface area contributed by atoms with Gasteiger partial charge in [0.15, 0.2) is 0 Å². The first-order chi connectivity index (χ1) is 10.6. The number of carbonyl (C=O) groups is 1. The molecule has 1 aliphatic heterocycles. The number of likely N-dealkylation sites (tertiary alicyclic amines) is 1. The molecule has 120 valence electrons. The summed E-state index contributed by atoms with van der Waals surface area (Å²) < 4.78 is 0. The second-order valence-corrected chi connectivity index (χ2v) is 7.42. The topological polar surface area (TPSA) is 66.1 Å². The molecule has 0 spiro atoms. The van der Waals surface area contributed by atoms with Gasteiger partial charge in [-0.1, -0.05) is 0 Å². The lowest BCUT2D eigenvalue weighted by Gasteiger charge is -2.32. The molecular formula is C16H23N3O2S. The second kappa shape index (κ2) is 6.86. The van der Waals surface area contributed by atoms with Crippen molar-refractivity contribution >= 4 is 17.7 Å². The third kappa shape index (κ3) is 4.12. The highest BCUT2D eigenvalue weighted by molar-refractivity contribution is 7.99. The quantitative estimate of drug-likeness (QED) is 0.900. The SMILES string of the molecule is Cc1nc([C@@H]2CCCN(C(=O)CSCC3CC3)C2)cc(=O)[nH]1. The summed E-state index contributed by atoms with van der Waals surface area (Å²) in [4.78, 5) is 33.0. The van der Waals surface area contributed by atoms with Gasteiger partial charge in [-0.2, -0.15) is 11.8 Å². The first kappa shape index (κ1) is 15.6. The molecule has 0 radical (unpaired) electrons. The summed E-state index contributed by atoms with van der Waals surface area (Å²) in [5.74, 6) is 3.63. The summed E-state index contributed by atoms with van der Waals surface area (Å²) in [6.07, 6.45) is 4.65. The minimum absolute atomic E-state index is 0.106. The number of hydrogen-bond donors (Lipinski definition) is 1. The number of aromatic nitrogens is 2. The molecule has 5 nitrogen and oxygen atoms in total. The van der Waals surface area contributed by atoms with Crippen molar-refractivity contribution in [2.45, 2.75) is 38.5 Å². The zero-order valence-corrected chi connectivity index (χ0v) is 13.8. The van der Waals surface area contributed by atoms with E-state index in [-0.39, 0.29) is 17.4 Å². The van der Waals surface area contributed by atoms with Crippen LogP contribution < -0.4 is 5.56 Å². The van der Waals surface area contributed by atoms with Crippen LogP contribution in [0.2, 0.25) is 0 Å². The Balaban J connectivity index is 1.57. The van der Waals surface area contributed by atoms with Gasteiger partial charge in [-0.05, 0) is 44.3 Å². The Morgan fingerprint density at radius 2 is 2.27 bits per heavy atom. The number of amides is 1. The van der Waals surface area contributed by atoms with Crippen LogP contribution in [0.1, 0.15) is 43.1 Å². The monoisotopic (exact) mass is 321 g/mol. The third-order valence-corrected chi connectivity index (χ3v) is 5.51. The Labute approximate surface area is 134 Å². The lowest BCUT2D eigenvalue weighted by Crippen LogP contribution is -2.40. The zero-order valence-electron chi connectivity index (χ0n) is 13.0. The first-order valence-electron chi connectivity index (χ1n) is 8.05. The maximum absolute atomic E-state index is 12.3. The van der Waals surface area contributed by atoms with Gasteiger partial charge in [-0.15, -0.1) is 0 Å². The molecule has 3 rings (SSSR count). The van der Waals surface area contributed by atoms with E-state index in [1.807, 2.05) is 4.90 Å². The highest BCUT2D eigenvalue weighted by Crippen LogP contribution is 2.32. The number of thioether (sulfide) groups is 1. The van der Waals surface area contributed by atoms with Crippen molar-refractivity contribution in [2.24, 2.45) is 5.92 Å². The Morgan fingerprint density at radius 1 is 1.45 bits per heavy atom. The number of nitrogens with zero attached hydrogens (tertiary/aromatic N) is 2. The van der Waals surface area contributed by atoms with Gasteiger partial charge in [0.1, 0.15) is 5.82 Å². The van der Waals surface area contributed by atoms with E-state index in [9.17, 15) is 9.59 Å². The van der Waals surface area contributed by atoms with Crippen molar-refractivity contribution < 1.29 is 4.79 Å². The second-order valence-electron chi connectivity index (χ2n) is 6.39. The number of piperidine rings is 1. The molecule has 2 aliphatic rings. The molecule has 0 bridgehead atoms. The summed E-state index contributed by atoms with van der Waals surface area (Å²) >= 11 is 1.77. The average molecular weight is 321 g/mol. The lowest BCUT2D eigenvalue weighted by atomic mass is 9.94. The number of hydrogen-bond acceptors (Lipinski definition) is 4. The fourth-order valence-corrected chi connectivity index (χ4v) is 4.09.